The van der Waals surface area contributed by atoms with Gasteiger partial charge in [0.15, 0.2) is 0 Å². The van der Waals surface area contributed by atoms with Crippen LogP contribution >= 0.6 is 0 Å². The van der Waals surface area contributed by atoms with Crippen LogP contribution in [0.4, 0.5) is 4.39 Å². The molecule has 3 heteroatoms. The fraction of sp³-hybridized carbons (Fsp3) is 0.300. The zero-order valence-electron chi connectivity index (χ0n) is 7.60. The molecule has 0 saturated carbocycles. The highest BCUT2D eigenvalue weighted by Crippen LogP contribution is 2.14. The van der Waals surface area contributed by atoms with Crippen LogP contribution in [0.15, 0.2) is 12.1 Å². The van der Waals surface area contributed by atoms with Gasteiger partial charge in [-0.05, 0) is 36.6 Å². The summed E-state index contributed by atoms with van der Waals surface area (Å²) in [5.74, 6) is -1.45. The van der Waals surface area contributed by atoms with Crippen LogP contribution in [0.1, 0.15) is 16.7 Å². The standard InChI is InChI=1S/C10H11FO2/c1-6-3-8(5-10(12)13)9(11)4-7(6)2/h3-4H,5H2,1-2H3,(H,12,13). The molecule has 0 fully saturated rings. The topological polar surface area (TPSA) is 37.3 Å². The molecule has 13 heavy (non-hydrogen) atoms. The van der Waals surface area contributed by atoms with E-state index >= 15 is 0 Å². The van der Waals surface area contributed by atoms with Crippen LogP contribution in [0.5, 0.6) is 0 Å². The number of hydrogen-bond acceptors (Lipinski definition) is 1. The summed E-state index contributed by atoms with van der Waals surface area (Å²) >= 11 is 0. The fourth-order valence-corrected chi connectivity index (χ4v) is 1.14. The van der Waals surface area contributed by atoms with Crippen LogP contribution in [0.2, 0.25) is 0 Å². The first kappa shape index (κ1) is 9.71. The minimum atomic E-state index is -1.01. The molecule has 0 aliphatic carbocycles. The Balaban J connectivity index is 3.08. The second-order valence-electron chi connectivity index (χ2n) is 3.10. The molecule has 1 aromatic carbocycles. The van der Waals surface area contributed by atoms with Gasteiger partial charge in [0.1, 0.15) is 5.82 Å². The Labute approximate surface area is 76.0 Å². The van der Waals surface area contributed by atoms with E-state index in [9.17, 15) is 9.18 Å². The molecule has 0 unspecified atom stereocenters. The maximum Gasteiger partial charge on any atom is 0.307 e. The van der Waals surface area contributed by atoms with Crippen molar-refractivity contribution in [1.29, 1.82) is 0 Å². The molecule has 1 aromatic rings. The lowest BCUT2D eigenvalue weighted by molar-refractivity contribution is -0.136. The van der Waals surface area contributed by atoms with Gasteiger partial charge in [0.05, 0.1) is 6.42 Å². The van der Waals surface area contributed by atoms with E-state index in [1.54, 1.807) is 13.0 Å². The van der Waals surface area contributed by atoms with Crippen LogP contribution in [0, 0.1) is 19.7 Å². The lowest BCUT2D eigenvalue weighted by Gasteiger charge is -2.04. The van der Waals surface area contributed by atoms with Gasteiger partial charge in [0.2, 0.25) is 0 Å². The van der Waals surface area contributed by atoms with E-state index in [4.69, 9.17) is 5.11 Å². The van der Waals surface area contributed by atoms with E-state index in [1.807, 2.05) is 6.92 Å². The molecule has 0 spiro atoms. The van der Waals surface area contributed by atoms with Gasteiger partial charge < -0.3 is 5.11 Å². The monoisotopic (exact) mass is 182 g/mol. The maximum atomic E-state index is 13.1. The van der Waals surface area contributed by atoms with Gasteiger partial charge in [0.25, 0.3) is 0 Å². The number of benzene rings is 1. The molecule has 70 valence electrons. The van der Waals surface area contributed by atoms with Gasteiger partial charge in [-0.1, -0.05) is 6.07 Å². The van der Waals surface area contributed by atoms with Crippen molar-refractivity contribution in [3.8, 4) is 0 Å². The van der Waals surface area contributed by atoms with Gasteiger partial charge in [-0.2, -0.15) is 0 Å². The average molecular weight is 182 g/mol. The molecule has 0 aliphatic heterocycles. The number of carboxylic acids is 1. The summed E-state index contributed by atoms with van der Waals surface area (Å²) in [5, 5.41) is 8.48. The van der Waals surface area contributed by atoms with Crippen molar-refractivity contribution in [3.05, 3.63) is 34.6 Å². The average Bonchev–Trinajstić information content (AvgIpc) is 1.99. The molecular formula is C10H11FO2. The minimum absolute atomic E-state index is 0.246. The molecule has 0 atom stereocenters. The lowest BCUT2D eigenvalue weighted by Crippen LogP contribution is -2.03. The molecule has 1 N–H and O–H groups in total. The van der Waals surface area contributed by atoms with Crippen LogP contribution in [-0.4, -0.2) is 11.1 Å². The predicted molar refractivity (Wildman–Crippen MR) is 47.2 cm³/mol. The predicted octanol–water partition coefficient (Wildman–Crippen LogP) is 2.07. The molecule has 0 bridgehead atoms. The molecule has 2 nitrogen and oxygen atoms in total. The second-order valence-corrected chi connectivity index (χ2v) is 3.10. The molecule has 1 rings (SSSR count). The third-order valence-electron chi connectivity index (χ3n) is 2.00. The van der Waals surface area contributed by atoms with Crippen molar-refractivity contribution in [2.24, 2.45) is 0 Å². The number of hydrogen-bond donors (Lipinski definition) is 1. The number of aryl methyl sites for hydroxylation is 2. The molecule has 0 heterocycles. The van der Waals surface area contributed by atoms with Gasteiger partial charge in [-0.3, -0.25) is 4.79 Å². The summed E-state index contributed by atoms with van der Waals surface area (Å²) in [4.78, 5) is 10.4. The SMILES string of the molecule is Cc1cc(F)c(CC(=O)O)cc1C. The minimum Gasteiger partial charge on any atom is -0.481 e. The van der Waals surface area contributed by atoms with Crippen LogP contribution in [-0.2, 0) is 11.2 Å². The Hall–Kier alpha value is -1.38. The summed E-state index contributed by atoms with van der Waals surface area (Å²) in [6.07, 6.45) is -0.257. The highest BCUT2D eigenvalue weighted by molar-refractivity contribution is 5.70. The van der Waals surface area contributed by atoms with Crippen molar-refractivity contribution in [2.45, 2.75) is 20.3 Å². The zero-order valence-corrected chi connectivity index (χ0v) is 7.60. The largest absolute Gasteiger partial charge is 0.481 e. The summed E-state index contributed by atoms with van der Waals surface area (Å²) < 4.78 is 13.1. The van der Waals surface area contributed by atoms with Crippen molar-refractivity contribution in [3.63, 3.8) is 0 Å². The van der Waals surface area contributed by atoms with Crippen molar-refractivity contribution < 1.29 is 14.3 Å². The Kier molecular flexibility index (Phi) is 2.66. The van der Waals surface area contributed by atoms with Crippen LogP contribution in [0.25, 0.3) is 0 Å². The maximum absolute atomic E-state index is 13.1. The molecular weight excluding hydrogens is 171 g/mol. The normalized spacial score (nSPS) is 10.1. The molecule has 0 aromatic heterocycles. The lowest BCUT2D eigenvalue weighted by atomic mass is 10.0. The molecule has 0 amide bonds. The van der Waals surface area contributed by atoms with Crippen molar-refractivity contribution in [2.75, 3.05) is 0 Å². The second kappa shape index (κ2) is 3.56. The Morgan fingerprint density at radius 1 is 1.38 bits per heavy atom. The highest BCUT2D eigenvalue weighted by Gasteiger charge is 2.08. The third-order valence-corrected chi connectivity index (χ3v) is 2.00. The first-order valence-electron chi connectivity index (χ1n) is 3.98. The Morgan fingerprint density at radius 2 is 1.92 bits per heavy atom. The Morgan fingerprint density at radius 3 is 2.46 bits per heavy atom. The first-order valence-corrected chi connectivity index (χ1v) is 3.98. The van der Waals surface area contributed by atoms with Crippen molar-refractivity contribution >= 4 is 5.97 Å². The van der Waals surface area contributed by atoms with Crippen LogP contribution < -0.4 is 0 Å². The van der Waals surface area contributed by atoms with Crippen molar-refractivity contribution in [1.82, 2.24) is 0 Å². The number of rotatable bonds is 2. The van der Waals surface area contributed by atoms with E-state index < -0.39 is 11.8 Å². The Bertz CT molecular complexity index is 345. The summed E-state index contributed by atoms with van der Waals surface area (Å²) in [6.45, 7) is 3.63. The number of halogens is 1. The van der Waals surface area contributed by atoms with E-state index in [0.29, 0.717) is 0 Å². The van der Waals surface area contributed by atoms with Gasteiger partial charge >= 0.3 is 5.97 Å². The summed E-state index contributed by atoms with van der Waals surface area (Å²) in [6, 6.07) is 2.95. The van der Waals surface area contributed by atoms with Gasteiger partial charge in [-0.25, -0.2) is 4.39 Å². The number of carbonyl (C=O) groups is 1. The van der Waals surface area contributed by atoms with E-state index in [-0.39, 0.29) is 12.0 Å². The van der Waals surface area contributed by atoms with E-state index in [0.717, 1.165) is 11.1 Å². The molecule has 0 saturated heterocycles. The fourth-order valence-electron chi connectivity index (χ4n) is 1.14. The first-order chi connectivity index (χ1) is 6.00. The summed E-state index contributed by atoms with van der Waals surface area (Å²) in [5.41, 5.74) is 2.00. The van der Waals surface area contributed by atoms with Gasteiger partial charge in [-0.15, -0.1) is 0 Å². The number of carboxylic acid groups (broad SMARTS) is 1. The molecule has 0 aliphatic rings. The third kappa shape index (κ3) is 2.28. The smallest absolute Gasteiger partial charge is 0.307 e. The quantitative estimate of drug-likeness (QED) is 0.760. The highest BCUT2D eigenvalue weighted by atomic mass is 19.1. The van der Waals surface area contributed by atoms with Crippen LogP contribution in [0.3, 0.4) is 0 Å². The zero-order chi connectivity index (χ0) is 10.0. The van der Waals surface area contributed by atoms with E-state index in [2.05, 4.69) is 0 Å². The van der Waals surface area contributed by atoms with E-state index in [1.165, 1.54) is 6.07 Å². The van der Waals surface area contributed by atoms with Gasteiger partial charge in [0, 0.05) is 0 Å². The number of aliphatic carboxylic acids is 1. The molecule has 0 radical (unpaired) electrons. The summed E-state index contributed by atoms with van der Waals surface area (Å²) in [7, 11) is 0.